The van der Waals surface area contributed by atoms with Gasteiger partial charge in [0.15, 0.2) is 0 Å². The largest absolute Gasteiger partial charge is 0.481 e. The zero-order chi connectivity index (χ0) is 20.4. The molecule has 0 fully saturated rings. The van der Waals surface area contributed by atoms with Crippen LogP contribution in [-0.2, 0) is 7.05 Å². The number of nitrogens with zero attached hydrogens (tertiary/aromatic N) is 4. The van der Waals surface area contributed by atoms with Gasteiger partial charge in [-0.25, -0.2) is 14.8 Å². The fourth-order valence-corrected chi connectivity index (χ4v) is 3.11. The summed E-state index contributed by atoms with van der Waals surface area (Å²) < 4.78 is 6.87. The van der Waals surface area contributed by atoms with Gasteiger partial charge in [-0.15, -0.1) is 0 Å². The number of pyridine rings is 2. The lowest BCUT2D eigenvalue weighted by Crippen LogP contribution is -2.34. The van der Waals surface area contributed by atoms with Crippen molar-refractivity contribution in [1.82, 2.24) is 25.2 Å². The van der Waals surface area contributed by atoms with Gasteiger partial charge in [0, 0.05) is 13.1 Å². The van der Waals surface area contributed by atoms with Crippen molar-refractivity contribution in [3.8, 4) is 5.88 Å². The molecule has 2 amide bonds. The molecule has 10 heteroatoms. The maximum atomic E-state index is 12.2. The summed E-state index contributed by atoms with van der Waals surface area (Å²) in [5, 5.41) is 7.31. The molecule has 3 rings (SSSR count). The minimum absolute atomic E-state index is 0.211. The minimum Gasteiger partial charge on any atom is -0.481 e. The fraction of sp³-hybridized carbons (Fsp3) is 0.333. The van der Waals surface area contributed by atoms with Crippen LogP contribution in [0.25, 0.3) is 11.0 Å². The Hall–Kier alpha value is -3.07. The van der Waals surface area contributed by atoms with Gasteiger partial charge < -0.3 is 10.1 Å². The summed E-state index contributed by atoms with van der Waals surface area (Å²) in [4.78, 5) is 20.7. The number of hydrogen-bond donors (Lipinski definition) is 3. The molecule has 0 aliphatic rings. The van der Waals surface area contributed by atoms with E-state index >= 15 is 0 Å². The molecule has 0 aliphatic carbocycles. The first-order chi connectivity index (χ1) is 13.3. The van der Waals surface area contributed by atoms with E-state index in [2.05, 4.69) is 45.1 Å². The van der Waals surface area contributed by atoms with Crippen molar-refractivity contribution in [1.29, 1.82) is 0 Å². The molecule has 9 nitrogen and oxygen atoms in total. The molecule has 3 aromatic heterocycles. The third kappa shape index (κ3) is 4.09. The van der Waals surface area contributed by atoms with Gasteiger partial charge in [-0.3, -0.25) is 15.5 Å². The van der Waals surface area contributed by atoms with E-state index in [0.29, 0.717) is 17.4 Å². The quantitative estimate of drug-likeness (QED) is 0.444. The summed E-state index contributed by atoms with van der Waals surface area (Å²) in [6.45, 7) is 6.10. The summed E-state index contributed by atoms with van der Waals surface area (Å²) in [5.74, 6) is 1.09. The van der Waals surface area contributed by atoms with Crippen LogP contribution in [0.2, 0.25) is 5.15 Å². The summed E-state index contributed by atoms with van der Waals surface area (Å²) in [5.41, 5.74) is 9.55. The van der Waals surface area contributed by atoms with Crippen molar-refractivity contribution >= 4 is 40.2 Å². The zero-order valence-electron chi connectivity index (χ0n) is 16.3. The summed E-state index contributed by atoms with van der Waals surface area (Å²) in [6.07, 6.45) is 0. The fourth-order valence-electron chi connectivity index (χ4n) is 2.91. The lowest BCUT2D eigenvalue weighted by atomic mass is 10.0. The third-order valence-corrected chi connectivity index (χ3v) is 4.35. The van der Waals surface area contributed by atoms with Crippen LogP contribution < -0.4 is 20.9 Å². The van der Waals surface area contributed by atoms with E-state index in [-0.39, 0.29) is 11.1 Å². The SMILES string of the molecule is COc1cc(NC(=O)NNc2cc(C(C)C)c3c(n2)c(C)nn3C)cc(Cl)n1. The Balaban J connectivity index is 1.77. The Morgan fingerprint density at radius 1 is 1.25 bits per heavy atom. The normalized spacial score (nSPS) is 11.0. The maximum Gasteiger partial charge on any atom is 0.337 e. The van der Waals surface area contributed by atoms with Crippen LogP contribution >= 0.6 is 11.6 Å². The number of rotatable bonds is 5. The van der Waals surface area contributed by atoms with E-state index in [1.54, 1.807) is 6.07 Å². The molecule has 0 aromatic carbocycles. The zero-order valence-corrected chi connectivity index (χ0v) is 17.0. The Labute approximate surface area is 167 Å². The van der Waals surface area contributed by atoms with Gasteiger partial charge in [0.1, 0.15) is 16.5 Å². The highest BCUT2D eigenvalue weighted by Gasteiger charge is 2.16. The number of ether oxygens (including phenoxy) is 1. The van der Waals surface area contributed by atoms with Gasteiger partial charge in [0.05, 0.1) is 24.0 Å². The number of nitrogens with one attached hydrogen (secondary N) is 3. The molecule has 148 valence electrons. The van der Waals surface area contributed by atoms with Crippen LogP contribution in [0.15, 0.2) is 18.2 Å². The van der Waals surface area contributed by atoms with Crippen molar-refractivity contribution in [3.63, 3.8) is 0 Å². The average Bonchev–Trinajstić information content (AvgIpc) is 2.92. The standard InChI is InChI=1S/C18H22ClN7O2/c1-9(2)12-8-14(22-16-10(3)25-26(4)17(12)16)23-24-18(27)20-11-6-13(19)21-15(7-11)28-5/h6-9H,1-5H3,(H,22,23)(H2,20,21,24,27). The number of urea groups is 1. The molecule has 0 saturated carbocycles. The van der Waals surface area contributed by atoms with E-state index in [9.17, 15) is 4.79 Å². The van der Waals surface area contributed by atoms with Crippen molar-refractivity contribution in [2.45, 2.75) is 26.7 Å². The number of hydrazine groups is 1. The number of hydrogen-bond acceptors (Lipinski definition) is 6. The molecule has 0 unspecified atom stereocenters. The van der Waals surface area contributed by atoms with Crippen LogP contribution in [0.5, 0.6) is 5.88 Å². The van der Waals surface area contributed by atoms with Crippen molar-refractivity contribution in [2.75, 3.05) is 17.9 Å². The molecule has 3 aromatic rings. The highest BCUT2D eigenvalue weighted by Crippen LogP contribution is 2.28. The van der Waals surface area contributed by atoms with Crippen LogP contribution in [0, 0.1) is 6.92 Å². The van der Waals surface area contributed by atoms with Gasteiger partial charge >= 0.3 is 6.03 Å². The first-order valence-corrected chi connectivity index (χ1v) is 9.05. The highest BCUT2D eigenvalue weighted by molar-refractivity contribution is 6.29. The van der Waals surface area contributed by atoms with Gasteiger partial charge in [-0.05, 0) is 30.5 Å². The second-order valence-corrected chi connectivity index (χ2v) is 6.97. The monoisotopic (exact) mass is 403 g/mol. The van der Waals surface area contributed by atoms with Crippen LogP contribution in [-0.4, -0.2) is 32.9 Å². The number of halogens is 1. The highest BCUT2D eigenvalue weighted by atomic mass is 35.5. The molecular formula is C18H22ClN7O2. The first-order valence-electron chi connectivity index (χ1n) is 8.67. The third-order valence-electron chi connectivity index (χ3n) is 4.15. The molecule has 0 spiro atoms. The van der Waals surface area contributed by atoms with Crippen molar-refractivity contribution < 1.29 is 9.53 Å². The predicted molar refractivity (Wildman–Crippen MR) is 109 cm³/mol. The second kappa shape index (κ2) is 7.89. The van der Waals surface area contributed by atoms with Gasteiger partial charge in [0.2, 0.25) is 5.88 Å². The Morgan fingerprint density at radius 3 is 2.68 bits per heavy atom. The summed E-state index contributed by atoms with van der Waals surface area (Å²) in [6, 6.07) is 4.50. The van der Waals surface area contributed by atoms with E-state index in [4.69, 9.17) is 16.3 Å². The number of aromatic nitrogens is 4. The number of methoxy groups -OCH3 is 1. The first kappa shape index (κ1) is 19.7. The average molecular weight is 404 g/mol. The van der Waals surface area contributed by atoms with Crippen LogP contribution in [0.1, 0.15) is 31.0 Å². The molecular weight excluding hydrogens is 382 g/mol. The second-order valence-electron chi connectivity index (χ2n) is 6.58. The number of carbonyl (C=O) groups is 1. The smallest absolute Gasteiger partial charge is 0.337 e. The van der Waals surface area contributed by atoms with E-state index in [0.717, 1.165) is 22.3 Å². The molecule has 0 aliphatic heterocycles. The molecule has 3 heterocycles. The topological polar surface area (TPSA) is 106 Å². The molecule has 3 N–H and O–H groups in total. The molecule has 28 heavy (non-hydrogen) atoms. The van der Waals surface area contributed by atoms with Crippen molar-refractivity contribution in [3.05, 3.63) is 34.6 Å². The number of fused-ring (bicyclic) bond motifs is 1. The minimum atomic E-state index is -0.486. The van der Waals surface area contributed by atoms with Crippen LogP contribution in [0.4, 0.5) is 16.3 Å². The number of anilines is 2. The van der Waals surface area contributed by atoms with E-state index in [1.807, 2.05) is 24.7 Å². The lowest BCUT2D eigenvalue weighted by molar-refractivity contribution is 0.254. The van der Waals surface area contributed by atoms with Crippen molar-refractivity contribution in [2.24, 2.45) is 7.05 Å². The molecule has 0 radical (unpaired) electrons. The van der Waals surface area contributed by atoms with E-state index < -0.39 is 6.03 Å². The number of carbonyl (C=O) groups excluding carboxylic acids is 1. The molecule has 0 bridgehead atoms. The lowest BCUT2D eigenvalue weighted by Gasteiger charge is -2.13. The number of aryl methyl sites for hydroxylation is 2. The van der Waals surface area contributed by atoms with Gasteiger partial charge in [0.25, 0.3) is 0 Å². The summed E-state index contributed by atoms with van der Waals surface area (Å²) in [7, 11) is 3.37. The molecule has 0 saturated heterocycles. The Kier molecular flexibility index (Phi) is 5.55. The van der Waals surface area contributed by atoms with Crippen LogP contribution in [0.3, 0.4) is 0 Å². The Bertz CT molecular complexity index is 1030. The predicted octanol–water partition coefficient (Wildman–Crippen LogP) is 3.61. The summed E-state index contributed by atoms with van der Waals surface area (Å²) >= 11 is 5.91. The molecule has 0 atom stereocenters. The van der Waals surface area contributed by atoms with Gasteiger partial charge in [-0.2, -0.15) is 5.10 Å². The Morgan fingerprint density at radius 2 is 2.00 bits per heavy atom. The van der Waals surface area contributed by atoms with Gasteiger partial charge in [-0.1, -0.05) is 25.4 Å². The number of amides is 2. The van der Waals surface area contributed by atoms with E-state index in [1.165, 1.54) is 13.2 Å². The maximum absolute atomic E-state index is 12.2.